The number of hydrogen-bond acceptors (Lipinski definition) is 12. The standard InChI is InChI=1S/C53H83N7O12/c1-13-34(6)45(41(69-11)30-43(62)60-29-19-22-40(60)48(70-12)35(7)49(64)56-36(8)46(63)38-20-15-14-16-21-38)58(9)50(65)47(33(4)5)72-51(66)44(32(2)3)59(10)53(68)71-31-37-24-26-39(27-25-37)57-42(61)23-17-18-28-55-52(54)67/h14-16,20-21,24-27,32-36,40-41,44-48,63H,13,17-19,22-23,28-31H2,1-12H3,(H,56,64)(H,57,61)(H3,54,55,67)/t34-,35+,36+,40-,41+,44?,45-,46+,47-,48+/m0/s1. The van der Waals surface area contributed by atoms with Gasteiger partial charge < -0.3 is 55.5 Å². The van der Waals surface area contributed by atoms with Crippen LogP contribution in [0.1, 0.15) is 118 Å². The van der Waals surface area contributed by atoms with Crippen LogP contribution < -0.4 is 21.7 Å². The number of amides is 7. The molecule has 3 rings (SSSR count). The van der Waals surface area contributed by atoms with E-state index in [9.17, 15) is 38.7 Å². The Hall–Kier alpha value is -5.79. The molecule has 0 aliphatic carbocycles. The first-order valence-electron chi connectivity index (χ1n) is 25.2. The first-order valence-corrected chi connectivity index (χ1v) is 25.2. The van der Waals surface area contributed by atoms with Crippen LogP contribution in [-0.2, 0) is 49.5 Å². The molecule has 1 aliphatic heterocycles. The lowest BCUT2D eigenvalue weighted by Crippen LogP contribution is -2.56. The van der Waals surface area contributed by atoms with E-state index in [-0.39, 0.29) is 43.1 Å². The summed E-state index contributed by atoms with van der Waals surface area (Å²) < 4.78 is 23.6. The SMILES string of the molecule is CC[C@H](C)[C@@H]([C@@H](CC(=O)N1CCC[C@H]1[C@H](OC)[C@@H](C)C(=O)N[C@H](C)[C@@H](O)c1ccccc1)OC)N(C)C(=O)[C@@H](OC(=O)C(C(C)C)N(C)C(=O)OCc1ccc(NC(=O)CCCCNC(N)=O)cc1)C(C)C. The molecule has 7 amide bonds. The van der Waals surface area contributed by atoms with E-state index in [2.05, 4.69) is 16.0 Å². The molecule has 1 fully saturated rings. The minimum atomic E-state index is -1.25. The van der Waals surface area contributed by atoms with Crippen molar-refractivity contribution >= 4 is 47.4 Å². The summed E-state index contributed by atoms with van der Waals surface area (Å²) in [5.74, 6) is -3.74. The minimum Gasteiger partial charge on any atom is -0.450 e. The second kappa shape index (κ2) is 29.7. The number of unbranched alkanes of at least 4 members (excludes halogenated alkanes) is 1. The maximum atomic E-state index is 14.6. The van der Waals surface area contributed by atoms with Crippen molar-refractivity contribution in [2.45, 2.75) is 156 Å². The topological polar surface area (TPSA) is 248 Å². The first kappa shape index (κ1) is 60.5. The van der Waals surface area contributed by atoms with Crippen LogP contribution in [0.5, 0.6) is 0 Å². The molecule has 19 heteroatoms. The Labute approximate surface area is 426 Å². The fraction of sp³-hybridized carbons (Fsp3) is 0.642. The Bertz CT molecular complexity index is 2060. The van der Waals surface area contributed by atoms with Crippen molar-refractivity contribution in [3.63, 3.8) is 0 Å². The molecule has 0 aromatic heterocycles. The van der Waals surface area contributed by atoms with Gasteiger partial charge in [-0.05, 0) is 73.6 Å². The third-order valence-corrected chi connectivity index (χ3v) is 13.6. The molecule has 72 heavy (non-hydrogen) atoms. The molecule has 2 aromatic carbocycles. The van der Waals surface area contributed by atoms with Gasteiger partial charge in [-0.3, -0.25) is 24.1 Å². The van der Waals surface area contributed by atoms with Crippen molar-refractivity contribution in [1.82, 2.24) is 25.3 Å². The van der Waals surface area contributed by atoms with Gasteiger partial charge in [-0.25, -0.2) is 14.4 Å². The summed E-state index contributed by atoms with van der Waals surface area (Å²) in [6.07, 6.45) is -1.07. The monoisotopic (exact) mass is 1010 g/mol. The lowest BCUT2D eigenvalue weighted by Gasteiger charge is -2.40. The van der Waals surface area contributed by atoms with Crippen molar-refractivity contribution in [2.75, 3.05) is 46.7 Å². The number of methoxy groups -OCH3 is 2. The highest BCUT2D eigenvalue weighted by Crippen LogP contribution is 2.31. The summed E-state index contributed by atoms with van der Waals surface area (Å²) in [7, 11) is 6.07. The third-order valence-electron chi connectivity index (χ3n) is 13.6. The summed E-state index contributed by atoms with van der Waals surface area (Å²) in [4.78, 5) is 97.6. The number of carbonyl (C=O) groups is 7. The van der Waals surface area contributed by atoms with Crippen LogP contribution in [0.3, 0.4) is 0 Å². The molecule has 0 radical (unpaired) electrons. The molecule has 10 atom stereocenters. The second-order valence-corrected chi connectivity index (χ2v) is 19.7. The Morgan fingerprint density at radius 1 is 0.861 bits per heavy atom. The summed E-state index contributed by atoms with van der Waals surface area (Å²) in [6, 6.07) is 12.5. The van der Waals surface area contributed by atoms with Gasteiger partial charge in [-0.15, -0.1) is 0 Å². The molecule has 19 nitrogen and oxygen atoms in total. The maximum Gasteiger partial charge on any atom is 0.410 e. The Morgan fingerprint density at radius 3 is 2.08 bits per heavy atom. The molecule has 0 bridgehead atoms. The van der Waals surface area contributed by atoms with Gasteiger partial charge in [0, 0.05) is 53.5 Å². The van der Waals surface area contributed by atoms with Crippen LogP contribution in [0, 0.1) is 23.7 Å². The van der Waals surface area contributed by atoms with E-state index < -0.39 is 90.3 Å². The highest BCUT2D eigenvalue weighted by Gasteiger charge is 2.44. The average molecular weight is 1010 g/mol. The van der Waals surface area contributed by atoms with Gasteiger partial charge in [0.15, 0.2) is 6.10 Å². The van der Waals surface area contributed by atoms with E-state index >= 15 is 0 Å². The van der Waals surface area contributed by atoms with E-state index in [0.29, 0.717) is 62.0 Å². The predicted molar refractivity (Wildman–Crippen MR) is 273 cm³/mol. The number of urea groups is 1. The van der Waals surface area contributed by atoms with Gasteiger partial charge in [-0.1, -0.05) is 97.4 Å². The van der Waals surface area contributed by atoms with E-state index in [0.717, 1.165) is 4.90 Å². The van der Waals surface area contributed by atoms with E-state index in [1.54, 1.807) is 89.9 Å². The largest absolute Gasteiger partial charge is 0.450 e. The fourth-order valence-electron chi connectivity index (χ4n) is 9.31. The molecule has 0 spiro atoms. The summed E-state index contributed by atoms with van der Waals surface area (Å²) in [6.45, 7) is 15.2. The van der Waals surface area contributed by atoms with Crippen molar-refractivity contribution in [1.29, 1.82) is 0 Å². The van der Waals surface area contributed by atoms with Gasteiger partial charge in [0.05, 0.1) is 48.8 Å². The number of nitrogens with one attached hydrogen (secondary N) is 3. The van der Waals surface area contributed by atoms with Gasteiger partial charge in [-0.2, -0.15) is 0 Å². The van der Waals surface area contributed by atoms with Gasteiger partial charge in [0.2, 0.25) is 17.7 Å². The van der Waals surface area contributed by atoms with Gasteiger partial charge in [0.1, 0.15) is 12.6 Å². The number of rotatable bonds is 28. The van der Waals surface area contributed by atoms with Crippen LogP contribution in [0.25, 0.3) is 0 Å². The fourth-order valence-corrected chi connectivity index (χ4v) is 9.31. The van der Waals surface area contributed by atoms with E-state index in [1.807, 2.05) is 32.0 Å². The van der Waals surface area contributed by atoms with Crippen LogP contribution in [-0.4, -0.2) is 145 Å². The van der Waals surface area contributed by atoms with Crippen LogP contribution >= 0.6 is 0 Å². The zero-order valence-corrected chi connectivity index (χ0v) is 44.6. The average Bonchev–Trinajstić information content (AvgIpc) is 3.84. The Morgan fingerprint density at radius 2 is 1.51 bits per heavy atom. The predicted octanol–water partition coefficient (Wildman–Crippen LogP) is 5.78. The minimum absolute atomic E-state index is 0.0772. The van der Waals surface area contributed by atoms with E-state index in [1.165, 1.54) is 26.2 Å². The number of aliphatic hydroxyl groups is 1. The molecule has 1 aliphatic rings. The second-order valence-electron chi connectivity index (χ2n) is 19.7. The number of primary amides is 1. The normalized spacial score (nSPS) is 17.3. The third kappa shape index (κ3) is 17.5. The highest BCUT2D eigenvalue weighted by molar-refractivity contribution is 5.90. The number of anilines is 1. The summed E-state index contributed by atoms with van der Waals surface area (Å²) in [5.41, 5.74) is 6.93. The number of benzene rings is 2. The number of esters is 1. The quantitative estimate of drug-likeness (QED) is 0.0503. The molecule has 402 valence electrons. The lowest BCUT2D eigenvalue weighted by molar-refractivity contribution is -0.170. The number of carbonyl (C=O) groups excluding carboxylic acids is 7. The lowest BCUT2D eigenvalue weighted by atomic mass is 9.89. The van der Waals surface area contributed by atoms with E-state index in [4.69, 9.17) is 24.7 Å². The summed E-state index contributed by atoms with van der Waals surface area (Å²) >= 11 is 0. The number of nitrogens with zero attached hydrogens (tertiary/aromatic N) is 3. The van der Waals surface area contributed by atoms with Crippen molar-refractivity contribution in [2.24, 2.45) is 29.4 Å². The molecule has 0 saturated carbocycles. The van der Waals surface area contributed by atoms with Gasteiger partial charge >= 0.3 is 18.1 Å². The molecule has 6 N–H and O–H groups in total. The molecular formula is C53H83N7O12. The van der Waals surface area contributed by atoms with Gasteiger partial charge in [0.25, 0.3) is 5.91 Å². The number of ether oxygens (including phenoxy) is 4. The van der Waals surface area contributed by atoms with Crippen LogP contribution in [0.15, 0.2) is 54.6 Å². The molecule has 1 heterocycles. The molecular weight excluding hydrogens is 927 g/mol. The van der Waals surface area contributed by atoms with Crippen LogP contribution in [0.4, 0.5) is 15.3 Å². The number of nitrogens with two attached hydrogens (primary N) is 1. The van der Waals surface area contributed by atoms with Crippen molar-refractivity contribution in [3.8, 4) is 0 Å². The Balaban J connectivity index is 1.68. The zero-order valence-electron chi connectivity index (χ0n) is 44.6. The highest BCUT2D eigenvalue weighted by atomic mass is 16.6. The van der Waals surface area contributed by atoms with Crippen molar-refractivity contribution < 1.29 is 57.6 Å². The number of hydrogen-bond donors (Lipinski definition) is 5. The zero-order chi connectivity index (χ0) is 53.8. The summed E-state index contributed by atoms with van der Waals surface area (Å²) in [5, 5.41) is 19.1. The smallest absolute Gasteiger partial charge is 0.410 e. The number of likely N-dealkylation sites (N-methyl/N-ethyl adjacent to an activating group) is 2. The maximum absolute atomic E-state index is 14.6. The Kier molecular flexibility index (Phi) is 24.9. The molecule has 1 saturated heterocycles. The number of aliphatic hydroxyl groups excluding tert-OH is 1. The molecule has 1 unspecified atom stereocenters. The number of likely N-dealkylation sites (tertiary alicyclic amines) is 1. The first-order chi connectivity index (χ1) is 34.1. The molecule has 2 aromatic rings. The van der Waals surface area contributed by atoms with Crippen LogP contribution in [0.2, 0.25) is 0 Å². The van der Waals surface area contributed by atoms with Crippen molar-refractivity contribution in [3.05, 3.63) is 65.7 Å².